The minimum atomic E-state index is 0.502. The van der Waals surface area contributed by atoms with Gasteiger partial charge >= 0.3 is 0 Å². The molecule has 1 saturated carbocycles. The molecule has 1 fully saturated rings. The Morgan fingerprint density at radius 3 is 2.71 bits per heavy atom. The topological polar surface area (TPSA) is 59.1 Å². The first-order valence-electron chi connectivity index (χ1n) is 8.72. The maximum absolute atomic E-state index is 5.40. The SMILES string of the molecule is COc1ccccc1CNc1cc(C)nc(NC2CCCCC2)n1. The summed E-state index contributed by atoms with van der Waals surface area (Å²) in [6.45, 7) is 2.67. The van der Waals surface area contributed by atoms with Gasteiger partial charge in [-0.05, 0) is 25.8 Å². The molecule has 0 radical (unpaired) electrons. The molecule has 2 aromatic rings. The van der Waals surface area contributed by atoms with Crippen LogP contribution in [0.4, 0.5) is 11.8 Å². The number of methoxy groups -OCH3 is 1. The van der Waals surface area contributed by atoms with E-state index < -0.39 is 0 Å². The van der Waals surface area contributed by atoms with Gasteiger partial charge in [-0.3, -0.25) is 0 Å². The van der Waals surface area contributed by atoms with Crippen LogP contribution in [0.5, 0.6) is 5.75 Å². The van der Waals surface area contributed by atoms with Gasteiger partial charge in [0.1, 0.15) is 11.6 Å². The monoisotopic (exact) mass is 326 g/mol. The van der Waals surface area contributed by atoms with Crippen molar-refractivity contribution in [2.75, 3.05) is 17.7 Å². The molecule has 0 spiro atoms. The van der Waals surface area contributed by atoms with E-state index in [0.29, 0.717) is 12.6 Å². The zero-order valence-electron chi connectivity index (χ0n) is 14.5. The summed E-state index contributed by atoms with van der Waals surface area (Å²) in [6, 6.07) is 10.5. The number of aromatic nitrogens is 2. The Kier molecular flexibility index (Phi) is 5.51. The molecule has 128 valence electrons. The Morgan fingerprint density at radius 2 is 1.92 bits per heavy atom. The summed E-state index contributed by atoms with van der Waals surface area (Å²) < 4.78 is 5.40. The zero-order valence-corrected chi connectivity index (χ0v) is 14.5. The van der Waals surface area contributed by atoms with Crippen LogP contribution in [0.3, 0.4) is 0 Å². The lowest BCUT2D eigenvalue weighted by Crippen LogP contribution is -2.23. The number of hydrogen-bond donors (Lipinski definition) is 2. The highest BCUT2D eigenvalue weighted by Crippen LogP contribution is 2.22. The third kappa shape index (κ3) is 4.37. The molecule has 5 nitrogen and oxygen atoms in total. The summed E-state index contributed by atoms with van der Waals surface area (Å²) in [5, 5.41) is 6.88. The van der Waals surface area contributed by atoms with Gasteiger partial charge in [0.15, 0.2) is 0 Å². The Hall–Kier alpha value is -2.30. The van der Waals surface area contributed by atoms with Crippen molar-refractivity contribution in [1.82, 2.24) is 9.97 Å². The standard InChI is InChI=1S/C19H26N4O/c1-14-12-18(20-13-15-8-6-7-11-17(15)24-2)23-19(21-14)22-16-9-4-3-5-10-16/h6-8,11-12,16H,3-5,9-10,13H2,1-2H3,(H2,20,21,22,23). The molecule has 0 bridgehead atoms. The minimum absolute atomic E-state index is 0.502. The minimum Gasteiger partial charge on any atom is -0.496 e. The predicted octanol–water partition coefficient (Wildman–Crippen LogP) is 4.15. The van der Waals surface area contributed by atoms with Crippen molar-refractivity contribution < 1.29 is 4.74 Å². The van der Waals surface area contributed by atoms with Gasteiger partial charge in [0.05, 0.1) is 7.11 Å². The first-order valence-corrected chi connectivity index (χ1v) is 8.72. The molecule has 0 aliphatic heterocycles. The maximum atomic E-state index is 5.40. The normalized spacial score (nSPS) is 15.1. The number of para-hydroxylation sites is 1. The largest absolute Gasteiger partial charge is 0.496 e. The van der Waals surface area contributed by atoms with E-state index in [9.17, 15) is 0 Å². The van der Waals surface area contributed by atoms with E-state index in [4.69, 9.17) is 4.74 Å². The fourth-order valence-corrected chi connectivity index (χ4v) is 3.19. The van der Waals surface area contributed by atoms with Crippen molar-refractivity contribution in [2.45, 2.75) is 51.6 Å². The average molecular weight is 326 g/mol. The smallest absolute Gasteiger partial charge is 0.225 e. The second-order valence-electron chi connectivity index (χ2n) is 6.36. The van der Waals surface area contributed by atoms with Crippen molar-refractivity contribution in [3.8, 4) is 5.75 Å². The first-order chi connectivity index (χ1) is 11.7. The summed E-state index contributed by atoms with van der Waals surface area (Å²) in [5.74, 6) is 2.45. The number of rotatable bonds is 6. The molecule has 5 heteroatoms. The van der Waals surface area contributed by atoms with Crippen LogP contribution in [0.15, 0.2) is 30.3 Å². The fraction of sp³-hybridized carbons (Fsp3) is 0.474. The van der Waals surface area contributed by atoms with Gasteiger partial charge in [-0.1, -0.05) is 37.5 Å². The van der Waals surface area contributed by atoms with E-state index in [1.165, 1.54) is 32.1 Å². The van der Waals surface area contributed by atoms with Crippen LogP contribution in [0.1, 0.15) is 43.4 Å². The van der Waals surface area contributed by atoms with Crippen LogP contribution in [-0.4, -0.2) is 23.1 Å². The van der Waals surface area contributed by atoms with Gasteiger partial charge in [-0.2, -0.15) is 4.98 Å². The second kappa shape index (κ2) is 7.99. The molecule has 0 unspecified atom stereocenters. The predicted molar refractivity (Wildman–Crippen MR) is 97.6 cm³/mol. The van der Waals surface area contributed by atoms with Crippen LogP contribution in [0.25, 0.3) is 0 Å². The van der Waals surface area contributed by atoms with E-state index in [-0.39, 0.29) is 0 Å². The molecule has 0 atom stereocenters. The number of nitrogens with one attached hydrogen (secondary N) is 2. The third-order valence-electron chi connectivity index (χ3n) is 4.45. The zero-order chi connectivity index (χ0) is 16.8. The number of nitrogens with zero attached hydrogens (tertiary/aromatic N) is 2. The number of benzene rings is 1. The number of aryl methyl sites for hydroxylation is 1. The van der Waals surface area contributed by atoms with E-state index in [1.807, 2.05) is 31.2 Å². The highest BCUT2D eigenvalue weighted by molar-refractivity contribution is 5.44. The molecule has 0 saturated heterocycles. The van der Waals surface area contributed by atoms with E-state index >= 15 is 0 Å². The van der Waals surface area contributed by atoms with Gasteiger partial charge < -0.3 is 15.4 Å². The molecule has 0 amide bonds. The molecular weight excluding hydrogens is 300 g/mol. The molecule has 2 N–H and O–H groups in total. The van der Waals surface area contributed by atoms with Crippen LogP contribution in [0.2, 0.25) is 0 Å². The molecule has 1 aliphatic rings. The lowest BCUT2D eigenvalue weighted by Gasteiger charge is -2.23. The van der Waals surface area contributed by atoms with E-state index in [0.717, 1.165) is 28.8 Å². The number of anilines is 2. The van der Waals surface area contributed by atoms with Gasteiger partial charge in [-0.25, -0.2) is 4.98 Å². The quantitative estimate of drug-likeness (QED) is 0.835. The second-order valence-corrected chi connectivity index (χ2v) is 6.36. The summed E-state index contributed by atoms with van der Waals surface area (Å²) >= 11 is 0. The van der Waals surface area contributed by atoms with Crippen LogP contribution in [0, 0.1) is 6.92 Å². The first kappa shape index (κ1) is 16.6. The Balaban J connectivity index is 1.67. The molecular formula is C19H26N4O. The molecule has 1 aromatic heterocycles. The summed E-state index contributed by atoms with van der Waals surface area (Å²) in [4.78, 5) is 9.15. The molecule has 1 aliphatic carbocycles. The highest BCUT2D eigenvalue weighted by Gasteiger charge is 2.14. The van der Waals surface area contributed by atoms with Gasteiger partial charge in [0.2, 0.25) is 5.95 Å². The van der Waals surface area contributed by atoms with E-state index in [2.05, 4.69) is 26.7 Å². The molecule has 3 rings (SSSR count). The Labute approximate surface area is 143 Å². The lowest BCUT2D eigenvalue weighted by molar-refractivity contribution is 0.410. The van der Waals surface area contributed by atoms with Crippen molar-refractivity contribution in [2.24, 2.45) is 0 Å². The van der Waals surface area contributed by atoms with Gasteiger partial charge in [0, 0.05) is 29.9 Å². The van der Waals surface area contributed by atoms with Gasteiger partial charge in [0.25, 0.3) is 0 Å². The molecule has 24 heavy (non-hydrogen) atoms. The maximum Gasteiger partial charge on any atom is 0.225 e. The lowest BCUT2D eigenvalue weighted by atomic mass is 9.96. The van der Waals surface area contributed by atoms with Crippen LogP contribution >= 0.6 is 0 Å². The van der Waals surface area contributed by atoms with Crippen LogP contribution in [-0.2, 0) is 6.54 Å². The average Bonchev–Trinajstić information content (AvgIpc) is 2.60. The van der Waals surface area contributed by atoms with Crippen LogP contribution < -0.4 is 15.4 Å². The Morgan fingerprint density at radius 1 is 1.12 bits per heavy atom. The van der Waals surface area contributed by atoms with Crippen molar-refractivity contribution in [1.29, 1.82) is 0 Å². The summed E-state index contributed by atoms with van der Waals surface area (Å²) in [5.41, 5.74) is 2.07. The van der Waals surface area contributed by atoms with Crippen molar-refractivity contribution >= 4 is 11.8 Å². The third-order valence-corrected chi connectivity index (χ3v) is 4.45. The number of ether oxygens (including phenoxy) is 1. The number of hydrogen-bond acceptors (Lipinski definition) is 5. The van der Waals surface area contributed by atoms with E-state index in [1.54, 1.807) is 7.11 Å². The Bertz CT molecular complexity index is 668. The summed E-state index contributed by atoms with van der Waals surface area (Å²) in [6.07, 6.45) is 6.35. The summed E-state index contributed by atoms with van der Waals surface area (Å²) in [7, 11) is 1.69. The van der Waals surface area contributed by atoms with Gasteiger partial charge in [-0.15, -0.1) is 0 Å². The molecule has 1 aromatic carbocycles. The van der Waals surface area contributed by atoms with Crippen molar-refractivity contribution in [3.05, 3.63) is 41.6 Å². The highest BCUT2D eigenvalue weighted by atomic mass is 16.5. The fourth-order valence-electron chi connectivity index (χ4n) is 3.19. The van der Waals surface area contributed by atoms with Crippen molar-refractivity contribution in [3.63, 3.8) is 0 Å². The molecule has 1 heterocycles.